The first kappa shape index (κ1) is 13.5. The number of hydrogen-bond acceptors (Lipinski definition) is 3. The van der Waals surface area contributed by atoms with Crippen LogP contribution in [0.5, 0.6) is 0 Å². The molecule has 0 aromatic carbocycles. The summed E-state index contributed by atoms with van der Waals surface area (Å²) in [6.07, 6.45) is 3.32. The Kier molecular flexibility index (Phi) is 6.66. The van der Waals surface area contributed by atoms with E-state index in [2.05, 4.69) is 5.32 Å². The molecule has 1 heterocycles. The minimum Gasteiger partial charge on any atom is -0.448 e. The van der Waals surface area contributed by atoms with Gasteiger partial charge in [-0.05, 0) is 19.4 Å². The fraction of sp³-hybridized carbons (Fsp3) is 0.889. The minimum absolute atomic E-state index is 0. The van der Waals surface area contributed by atoms with Gasteiger partial charge in [-0.2, -0.15) is 0 Å². The molecule has 1 amide bonds. The topological polar surface area (TPSA) is 41.6 Å². The lowest BCUT2D eigenvalue weighted by Crippen LogP contribution is -2.39. The standard InChI is InChI=1S/C9H18N2O2.ClH/c1-11(2)9(12)13-7-8-5-3-4-6-10-8;/h8,10H,3-7H2,1-2H3;1H. The van der Waals surface area contributed by atoms with E-state index in [1.54, 1.807) is 14.1 Å². The molecule has 4 nitrogen and oxygen atoms in total. The van der Waals surface area contributed by atoms with E-state index in [1.807, 2.05) is 0 Å². The molecule has 0 bridgehead atoms. The smallest absolute Gasteiger partial charge is 0.409 e. The number of nitrogens with one attached hydrogen (secondary N) is 1. The van der Waals surface area contributed by atoms with Crippen LogP contribution in [-0.4, -0.2) is 44.3 Å². The van der Waals surface area contributed by atoms with Crippen molar-refractivity contribution < 1.29 is 9.53 Å². The molecule has 1 unspecified atom stereocenters. The molecule has 1 saturated heterocycles. The molecule has 1 N–H and O–H groups in total. The molecular formula is C9H19ClN2O2. The maximum atomic E-state index is 11.1. The quantitative estimate of drug-likeness (QED) is 0.765. The highest BCUT2D eigenvalue weighted by molar-refractivity contribution is 5.85. The van der Waals surface area contributed by atoms with Gasteiger partial charge in [-0.15, -0.1) is 12.4 Å². The van der Waals surface area contributed by atoms with Crippen molar-refractivity contribution >= 4 is 18.5 Å². The summed E-state index contributed by atoms with van der Waals surface area (Å²) in [5.41, 5.74) is 0. The molecule has 1 aliphatic rings. The van der Waals surface area contributed by atoms with Gasteiger partial charge in [0.15, 0.2) is 0 Å². The summed E-state index contributed by atoms with van der Waals surface area (Å²) in [4.78, 5) is 12.5. The van der Waals surface area contributed by atoms with Crippen LogP contribution in [0.1, 0.15) is 19.3 Å². The average molecular weight is 223 g/mol. The van der Waals surface area contributed by atoms with Crippen molar-refractivity contribution in [1.29, 1.82) is 0 Å². The molecule has 0 aromatic heterocycles. The maximum Gasteiger partial charge on any atom is 0.409 e. The molecule has 0 spiro atoms. The predicted molar refractivity (Wildman–Crippen MR) is 57.9 cm³/mol. The Labute approximate surface area is 91.4 Å². The Morgan fingerprint density at radius 2 is 2.21 bits per heavy atom. The van der Waals surface area contributed by atoms with Crippen LogP contribution in [0, 0.1) is 0 Å². The highest BCUT2D eigenvalue weighted by Crippen LogP contribution is 2.07. The van der Waals surface area contributed by atoms with E-state index in [0.29, 0.717) is 12.6 Å². The van der Waals surface area contributed by atoms with E-state index in [1.165, 1.54) is 17.7 Å². The largest absolute Gasteiger partial charge is 0.448 e. The summed E-state index contributed by atoms with van der Waals surface area (Å²) >= 11 is 0. The number of hydrogen-bond donors (Lipinski definition) is 1. The fourth-order valence-corrected chi connectivity index (χ4v) is 1.37. The Balaban J connectivity index is 0.00000169. The molecule has 0 aliphatic carbocycles. The predicted octanol–water partition coefficient (Wildman–Crippen LogP) is 1.25. The minimum atomic E-state index is -0.257. The van der Waals surface area contributed by atoms with E-state index < -0.39 is 0 Å². The summed E-state index contributed by atoms with van der Waals surface area (Å²) in [6, 6.07) is 0.359. The molecule has 1 atom stereocenters. The summed E-state index contributed by atoms with van der Waals surface area (Å²) < 4.78 is 5.07. The SMILES string of the molecule is CN(C)C(=O)OCC1CCCCN1.Cl. The van der Waals surface area contributed by atoms with Crippen molar-refractivity contribution in [2.24, 2.45) is 0 Å². The maximum absolute atomic E-state index is 11.1. The van der Waals surface area contributed by atoms with Gasteiger partial charge in [0.05, 0.1) is 0 Å². The molecular weight excluding hydrogens is 204 g/mol. The second-order valence-corrected chi connectivity index (χ2v) is 3.62. The van der Waals surface area contributed by atoms with E-state index in [4.69, 9.17) is 4.74 Å². The molecule has 5 heteroatoms. The molecule has 0 saturated carbocycles. The van der Waals surface area contributed by atoms with Crippen LogP contribution in [0.2, 0.25) is 0 Å². The summed E-state index contributed by atoms with van der Waals surface area (Å²) in [6.45, 7) is 1.54. The monoisotopic (exact) mass is 222 g/mol. The second-order valence-electron chi connectivity index (χ2n) is 3.62. The zero-order chi connectivity index (χ0) is 9.68. The highest BCUT2D eigenvalue weighted by atomic mass is 35.5. The first-order valence-corrected chi connectivity index (χ1v) is 4.77. The lowest BCUT2D eigenvalue weighted by atomic mass is 10.1. The van der Waals surface area contributed by atoms with Crippen LogP contribution in [0.3, 0.4) is 0 Å². The number of carbonyl (C=O) groups excluding carboxylic acids is 1. The molecule has 0 aromatic rings. The average Bonchev–Trinajstić information content (AvgIpc) is 2.15. The number of ether oxygens (including phenoxy) is 1. The van der Waals surface area contributed by atoms with E-state index in [0.717, 1.165) is 13.0 Å². The van der Waals surface area contributed by atoms with Crippen LogP contribution < -0.4 is 5.32 Å². The highest BCUT2D eigenvalue weighted by Gasteiger charge is 2.14. The van der Waals surface area contributed by atoms with Crippen LogP contribution in [0.15, 0.2) is 0 Å². The van der Waals surface area contributed by atoms with Crippen molar-refractivity contribution in [2.75, 3.05) is 27.2 Å². The Bertz CT molecular complexity index is 170. The van der Waals surface area contributed by atoms with Crippen molar-refractivity contribution in [3.63, 3.8) is 0 Å². The van der Waals surface area contributed by atoms with Gasteiger partial charge in [-0.1, -0.05) is 6.42 Å². The van der Waals surface area contributed by atoms with Crippen LogP contribution in [-0.2, 0) is 4.74 Å². The van der Waals surface area contributed by atoms with Crippen molar-refractivity contribution in [2.45, 2.75) is 25.3 Å². The summed E-state index contributed by atoms with van der Waals surface area (Å²) in [7, 11) is 3.38. The van der Waals surface area contributed by atoms with Gasteiger partial charge in [-0.25, -0.2) is 4.79 Å². The summed E-state index contributed by atoms with van der Waals surface area (Å²) in [5, 5.41) is 3.32. The number of nitrogens with zero attached hydrogens (tertiary/aromatic N) is 1. The first-order valence-electron chi connectivity index (χ1n) is 4.77. The summed E-state index contributed by atoms with van der Waals surface area (Å²) in [5.74, 6) is 0. The Morgan fingerprint density at radius 1 is 1.50 bits per heavy atom. The van der Waals surface area contributed by atoms with Gasteiger partial charge in [0, 0.05) is 20.1 Å². The van der Waals surface area contributed by atoms with E-state index >= 15 is 0 Å². The lowest BCUT2D eigenvalue weighted by molar-refractivity contribution is 0.103. The number of halogens is 1. The molecule has 1 fully saturated rings. The fourth-order valence-electron chi connectivity index (χ4n) is 1.37. The number of rotatable bonds is 2. The van der Waals surface area contributed by atoms with Gasteiger partial charge in [0.1, 0.15) is 6.61 Å². The van der Waals surface area contributed by atoms with E-state index in [9.17, 15) is 4.79 Å². The van der Waals surface area contributed by atoms with Gasteiger partial charge in [0.25, 0.3) is 0 Å². The third-order valence-corrected chi connectivity index (χ3v) is 2.19. The van der Waals surface area contributed by atoms with Gasteiger partial charge in [-0.3, -0.25) is 0 Å². The first-order chi connectivity index (χ1) is 6.20. The van der Waals surface area contributed by atoms with Crippen LogP contribution in [0.25, 0.3) is 0 Å². The molecule has 1 aliphatic heterocycles. The Hall–Kier alpha value is -0.480. The van der Waals surface area contributed by atoms with Gasteiger partial charge < -0.3 is 15.0 Å². The van der Waals surface area contributed by atoms with Gasteiger partial charge >= 0.3 is 6.09 Å². The van der Waals surface area contributed by atoms with Gasteiger partial charge in [0.2, 0.25) is 0 Å². The zero-order valence-electron chi connectivity index (χ0n) is 8.78. The molecule has 14 heavy (non-hydrogen) atoms. The molecule has 84 valence electrons. The van der Waals surface area contributed by atoms with Crippen LogP contribution in [0.4, 0.5) is 4.79 Å². The molecule has 1 rings (SSSR count). The molecule has 0 radical (unpaired) electrons. The lowest BCUT2D eigenvalue weighted by Gasteiger charge is -2.23. The van der Waals surface area contributed by atoms with E-state index in [-0.39, 0.29) is 18.5 Å². The number of amides is 1. The number of carbonyl (C=O) groups is 1. The number of piperidine rings is 1. The van der Waals surface area contributed by atoms with Crippen molar-refractivity contribution in [1.82, 2.24) is 10.2 Å². The Morgan fingerprint density at radius 3 is 2.71 bits per heavy atom. The normalized spacial score (nSPS) is 20.9. The third-order valence-electron chi connectivity index (χ3n) is 2.19. The second kappa shape index (κ2) is 6.90. The third kappa shape index (κ3) is 4.67. The zero-order valence-corrected chi connectivity index (χ0v) is 9.60. The van der Waals surface area contributed by atoms with Crippen molar-refractivity contribution in [3.8, 4) is 0 Å². The van der Waals surface area contributed by atoms with Crippen molar-refractivity contribution in [3.05, 3.63) is 0 Å². The van der Waals surface area contributed by atoms with Crippen LogP contribution >= 0.6 is 12.4 Å².